The van der Waals surface area contributed by atoms with Crippen molar-refractivity contribution in [2.75, 3.05) is 14.1 Å². The van der Waals surface area contributed by atoms with Gasteiger partial charge in [0.2, 0.25) is 0 Å². The normalized spacial score (nSPS) is 34.9. The van der Waals surface area contributed by atoms with E-state index in [2.05, 4.69) is 14.1 Å². The molecule has 0 aromatic heterocycles. The van der Waals surface area contributed by atoms with E-state index in [4.69, 9.17) is 9.47 Å². The fraction of sp³-hybridized carbons (Fsp3) is 0.435. The SMILES string of the molecule is C[N+]1(C)C2CC(OC(=O)C3(F)c4ccccc4-c4ccccc43)CC1C1OC12. The lowest BCUT2D eigenvalue weighted by Gasteiger charge is -2.45. The first-order valence-electron chi connectivity index (χ1n) is 10.0. The average Bonchev–Trinajstić information content (AvgIpc) is 3.40. The van der Waals surface area contributed by atoms with E-state index in [-0.39, 0.29) is 18.3 Å². The summed E-state index contributed by atoms with van der Waals surface area (Å²) >= 11 is 0. The van der Waals surface area contributed by atoms with Crippen molar-refractivity contribution in [3.05, 3.63) is 59.7 Å². The number of hydrogen-bond donors (Lipinski definition) is 0. The minimum absolute atomic E-state index is 0.252. The van der Waals surface area contributed by atoms with E-state index in [1.807, 2.05) is 24.3 Å². The lowest BCUT2D eigenvalue weighted by atomic mass is 9.92. The van der Waals surface area contributed by atoms with Crippen LogP contribution >= 0.6 is 0 Å². The maximum Gasteiger partial charge on any atom is 0.353 e. The van der Waals surface area contributed by atoms with Crippen molar-refractivity contribution in [2.24, 2.45) is 0 Å². The Kier molecular flexibility index (Phi) is 3.11. The van der Waals surface area contributed by atoms with Crippen LogP contribution in [0.1, 0.15) is 24.0 Å². The second-order valence-electron chi connectivity index (χ2n) is 9.08. The first-order valence-corrected chi connectivity index (χ1v) is 10.0. The maximum atomic E-state index is 16.4. The second-order valence-corrected chi connectivity index (χ2v) is 9.08. The van der Waals surface area contributed by atoms with E-state index in [9.17, 15) is 4.79 Å². The predicted molar refractivity (Wildman–Crippen MR) is 101 cm³/mol. The number of carbonyl (C=O) groups is 1. The van der Waals surface area contributed by atoms with Crippen molar-refractivity contribution in [3.63, 3.8) is 0 Å². The van der Waals surface area contributed by atoms with E-state index in [1.165, 1.54) is 0 Å². The molecule has 3 heterocycles. The molecule has 2 aromatic rings. The number of halogens is 1. The number of morpholine rings is 1. The molecule has 4 nitrogen and oxygen atoms in total. The Morgan fingerprint density at radius 3 is 2.04 bits per heavy atom. The number of nitrogens with zero attached hydrogens (tertiary/aromatic N) is 1. The van der Waals surface area contributed by atoms with Gasteiger partial charge < -0.3 is 14.0 Å². The number of likely N-dealkylation sites (N-methyl/N-ethyl adjacent to an activating group) is 1. The van der Waals surface area contributed by atoms with Gasteiger partial charge in [-0.25, -0.2) is 9.18 Å². The zero-order chi connectivity index (χ0) is 19.3. The Morgan fingerprint density at radius 1 is 1.00 bits per heavy atom. The average molecular weight is 380 g/mol. The van der Waals surface area contributed by atoms with Crippen LogP contribution in [0.25, 0.3) is 11.1 Å². The van der Waals surface area contributed by atoms with Crippen LogP contribution in [0.2, 0.25) is 0 Å². The molecular weight excluding hydrogens is 357 g/mol. The Balaban J connectivity index is 1.33. The molecule has 0 spiro atoms. The molecule has 2 bridgehead atoms. The van der Waals surface area contributed by atoms with Gasteiger partial charge in [-0.15, -0.1) is 0 Å². The lowest BCUT2D eigenvalue weighted by molar-refractivity contribution is -0.938. The molecule has 0 amide bonds. The summed E-state index contributed by atoms with van der Waals surface area (Å²) in [6.45, 7) is 0. The number of benzene rings is 2. The summed E-state index contributed by atoms with van der Waals surface area (Å²) < 4.78 is 29.0. The highest BCUT2D eigenvalue weighted by Gasteiger charge is 2.71. The van der Waals surface area contributed by atoms with Crippen LogP contribution in [0.4, 0.5) is 4.39 Å². The Labute approximate surface area is 163 Å². The number of rotatable bonds is 2. The number of alkyl halides is 1. The highest BCUT2D eigenvalue weighted by atomic mass is 19.1. The fourth-order valence-corrected chi connectivity index (χ4v) is 5.94. The molecule has 0 saturated carbocycles. The number of quaternary nitrogens is 1. The summed E-state index contributed by atoms with van der Waals surface area (Å²) in [7, 11) is 4.45. The van der Waals surface area contributed by atoms with Crippen molar-refractivity contribution in [1.82, 2.24) is 0 Å². The van der Waals surface area contributed by atoms with Crippen LogP contribution in [0.5, 0.6) is 0 Å². The zero-order valence-corrected chi connectivity index (χ0v) is 16.0. The Bertz CT molecular complexity index is 937. The Morgan fingerprint density at radius 2 is 1.50 bits per heavy atom. The van der Waals surface area contributed by atoms with Gasteiger partial charge in [-0.05, 0) is 11.1 Å². The van der Waals surface area contributed by atoms with Crippen LogP contribution in [0.15, 0.2) is 48.5 Å². The summed E-state index contributed by atoms with van der Waals surface area (Å²) in [6, 6.07) is 15.1. The zero-order valence-electron chi connectivity index (χ0n) is 16.0. The highest BCUT2D eigenvalue weighted by molar-refractivity contribution is 5.96. The number of piperidine rings is 1. The molecule has 4 aliphatic rings. The van der Waals surface area contributed by atoms with Gasteiger partial charge in [0.05, 0.1) is 14.1 Å². The molecule has 2 aromatic carbocycles. The van der Waals surface area contributed by atoms with Gasteiger partial charge in [-0.3, -0.25) is 0 Å². The first-order chi connectivity index (χ1) is 13.4. The largest absolute Gasteiger partial charge is 0.459 e. The minimum Gasteiger partial charge on any atom is -0.459 e. The van der Waals surface area contributed by atoms with Crippen molar-refractivity contribution in [3.8, 4) is 11.1 Å². The smallest absolute Gasteiger partial charge is 0.353 e. The topological polar surface area (TPSA) is 38.8 Å². The molecule has 5 heteroatoms. The number of esters is 1. The van der Waals surface area contributed by atoms with E-state index in [0.29, 0.717) is 23.2 Å². The van der Waals surface area contributed by atoms with Crippen molar-refractivity contribution >= 4 is 5.97 Å². The van der Waals surface area contributed by atoms with Crippen molar-refractivity contribution in [1.29, 1.82) is 0 Å². The quantitative estimate of drug-likeness (QED) is 0.456. The summed E-state index contributed by atoms with van der Waals surface area (Å²) in [6.07, 6.45) is 1.76. The first kappa shape index (κ1) is 16.7. The van der Waals surface area contributed by atoms with Crippen LogP contribution in [0.3, 0.4) is 0 Å². The van der Waals surface area contributed by atoms with Gasteiger partial charge in [0.25, 0.3) is 5.67 Å². The van der Waals surface area contributed by atoms with Crippen LogP contribution < -0.4 is 0 Å². The summed E-state index contributed by atoms with van der Waals surface area (Å²) in [5, 5.41) is 0. The fourth-order valence-electron chi connectivity index (χ4n) is 5.94. The van der Waals surface area contributed by atoms with Gasteiger partial charge in [-0.1, -0.05) is 48.5 Å². The molecule has 3 saturated heterocycles. The van der Waals surface area contributed by atoms with Crippen LogP contribution in [-0.2, 0) is 19.9 Å². The van der Waals surface area contributed by atoms with Crippen molar-refractivity contribution in [2.45, 2.75) is 48.9 Å². The van der Waals surface area contributed by atoms with Crippen LogP contribution in [-0.4, -0.2) is 54.9 Å². The lowest BCUT2D eigenvalue weighted by Crippen LogP contribution is -2.60. The highest BCUT2D eigenvalue weighted by Crippen LogP contribution is 2.53. The van der Waals surface area contributed by atoms with E-state index >= 15 is 4.39 Å². The third-order valence-corrected chi connectivity index (χ3v) is 7.48. The Hall–Kier alpha value is -2.24. The van der Waals surface area contributed by atoms with Gasteiger partial charge in [0.1, 0.15) is 30.4 Å². The van der Waals surface area contributed by atoms with Gasteiger partial charge in [0.15, 0.2) is 0 Å². The molecule has 0 radical (unpaired) electrons. The molecule has 144 valence electrons. The summed E-state index contributed by atoms with van der Waals surface area (Å²) in [4.78, 5) is 13.2. The number of carbonyl (C=O) groups excluding carboxylic acids is 1. The van der Waals surface area contributed by atoms with E-state index in [1.54, 1.807) is 24.3 Å². The summed E-state index contributed by atoms with van der Waals surface area (Å²) in [5.74, 6) is -0.781. The monoisotopic (exact) mass is 380 g/mol. The van der Waals surface area contributed by atoms with Crippen molar-refractivity contribution < 1.29 is 23.1 Å². The number of epoxide rings is 1. The molecule has 4 unspecified atom stereocenters. The van der Waals surface area contributed by atoms with E-state index < -0.39 is 11.6 Å². The maximum absolute atomic E-state index is 16.4. The third-order valence-electron chi connectivity index (χ3n) is 7.48. The molecule has 3 fully saturated rings. The molecule has 28 heavy (non-hydrogen) atoms. The van der Waals surface area contributed by atoms with Gasteiger partial charge >= 0.3 is 5.97 Å². The van der Waals surface area contributed by atoms with E-state index in [0.717, 1.165) is 28.5 Å². The predicted octanol–water partition coefficient (Wildman–Crippen LogP) is 3.18. The molecule has 3 aliphatic heterocycles. The number of fused-ring (bicyclic) bond motifs is 8. The molecule has 4 atom stereocenters. The summed E-state index contributed by atoms with van der Waals surface area (Å²) in [5.41, 5.74) is 0.0833. The third kappa shape index (κ3) is 1.93. The van der Waals surface area contributed by atoms with Gasteiger partial charge in [0, 0.05) is 24.0 Å². The molecular formula is C23H23FNO3+. The minimum atomic E-state index is -2.24. The number of ether oxygens (including phenoxy) is 2. The molecule has 1 aliphatic carbocycles. The van der Waals surface area contributed by atoms with Crippen LogP contribution in [0, 0.1) is 0 Å². The second kappa shape index (κ2) is 5.22. The van der Waals surface area contributed by atoms with Gasteiger partial charge in [-0.2, -0.15) is 0 Å². The molecule has 6 rings (SSSR count). The number of hydrogen-bond acceptors (Lipinski definition) is 3. The molecule has 0 N–H and O–H groups in total. The standard InChI is InChI=1S/C23H23FNO3/c1-25(2)18-11-13(12-19(25)21-20(18)28-21)27-22(26)23(24)16-9-5-3-7-14(16)15-8-4-6-10-17(15)23/h3-10,13,18-21H,11-12H2,1-2H3/q+1.